The molecule has 0 fully saturated rings. The third-order valence-corrected chi connectivity index (χ3v) is 4.36. The van der Waals surface area contributed by atoms with Gasteiger partial charge < -0.3 is 10.6 Å². The number of halogens is 3. The zero-order chi connectivity index (χ0) is 20.2. The quantitative estimate of drug-likeness (QED) is 0.423. The van der Waals surface area contributed by atoms with Crippen molar-refractivity contribution in [3.05, 3.63) is 51.7 Å². The molecule has 0 aliphatic heterocycles. The lowest BCUT2D eigenvalue weighted by atomic mass is 10.1. The molecule has 0 aliphatic carbocycles. The van der Waals surface area contributed by atoms with Gasteiger partial charge in [-0.3, -0.25) is 14.9 Å². The Hall–Kier alpha value is -2.82. The van der Waals surface area contributed by atoms with Crippen molar-refractivity contribution in [3.63, 3.8) is 0 Å². The van der Waals surface area contributed by atoms with Gasteiger partial charge in [0.1, 0.15) is 5.82 Å². The number of hydrogen-bond acceptors (Lipinski definition) is 6. The number of benzene rings is 1. The van der Waals surface area contributed by atoms with E-state index in [4.69, 9.17) is 0 Å². The van der Waals surface area contributed by atoms with Crippen molar-refractivity contribution in [3.8, 4) is 0 Å². The van der Waals surface area contributed by atoms with Gasteiger partial charge in [0.05, 0.1) is 21.7 Å². The molecule has 2 aromatic rings. The molecule has 0 atom stereocenters. The van der Waals surface area contributed by atoms with Gasteiger partial charge in [-0.25, -0.2) is 4.98 Å². The van der Waals surface area contributed by atoms with Crippen molar-refractivity contribution in [2.75, 3.05) is 23.4 Å². The van der Waals surface area contributed by atoms with E-state index in [1.54, 1.807) is 6.92 Å². The van der Waals surface area contributed by atoms with Gasteiger partial charge in [0.2, 0.25) is 0 Å². The van der Waals surface area contributed by atoms with Crippen LogP contribution in [0.25, 0.3) is 0 Å². The lowest BCUT2D eigenvalue weighted by molar-refractivity contribution is -0.385. The Morgan fingerprint density at radius 2 is 2.04 bits per heavy atom. The molecule has 0 aliphatic rings. The first-order chi connectivity index (χ1) is 12.7. The van der Waals surface area contributed by atoms with E-state index in [2.05, 4.69) is 15.6 Å². The Morgan fingerprint density at radius 3 is 2.59 bits per heavy atom. The van der Waals surface area contributed by atoms with Gasteiger partial charge in [-0.05, 0) is 17.9 Å². The van der Waals surface area contributed by atoms with Gasteiger partial charge in [0.25, 0.3) is 11.6 Å². The molecule has 1 aromatic heterocycles. The predicted molar refractivity (Wildman–Crippen MR) is 96.2 cm³/mol. The zero-order valence-electron chi connectivity index (χ0n) is 14.3. The second-order valence-electron chi connectivity index (χ2n) is 5.19. The highest BCUT2D eigenvalue weighted by Crippen LogP contribution is 2.33. The Labute approximate surface area is 156 Å². The van der Waals surface area contributed by atoms with Crippen LogP contribution in [-0.2, 0) is 6.18 Å². The van der Waals surface area contributed by atoms with Crippen molar-refractivity contribution in [2.24, 2.45) is 0 Å². The fourth-order valence-electron chi connectivity index (χ4n) is 2.19. The van der Waals surface area contributed by atoms with E-state index in [1.165, 1.54) is 30.9 Å². The van der Waals surface area contributed by atoms with Crippen LogP contribution < -0.4 is 10.6 Å². The van der Waals surface area contributed by atoms with Crippen LogP contribution in [0.1, 0.15) is 22.8 Å². The van der Waals surface area contributed by atoms with Crippen LogP contribution in [-0.4, -0.2) is 28.6 Å². The minimum atomic E-state index is -4.62. The lowest BCUT2D eigenvalue weighted by Crippen LogP contribution is -2.16. The molecule has 7 nitrogen and oxygen atoms in total. The number of non-ortho nitro benzene ring substituents is 1. The van der Waals surface area contributed by atoms with Crippen LogP contribution in [0.5, 0.6) is 0 Å². The molecular formula is C16H15F3N4O3S. The van der Waals surface area contributed by atoms with Crippen molar-refractivity contribution < 1.29 is 22.9 Å². The highest BCUT2D eigenvalue weighted by Gasteiger charge is 2.32. The summed E-state index contributed by atoms with van der Waals surface area (Å²) in [5, 5.41) is 15.9. The average molecular weight is 400 g/mol. The number of carbonyl (C=O) groups excluding carboxylic acids is 1. The summed E-state index contributed by atoms with van der Waals surface area (Å²) >= 11 is 1.21. The predicted octanol–water partition coefficient (Wildman–Crippen LogP) is 4.41. The molecule has 0 unspecified atom stereocenters. The van der Waals surface area contributed by atoms with Gasteiger partial charge in [0.15, 0.2) is 0 Å². The summed E-state index contributed by atoms with van der Waals surface area (Å²) in [7, 11) is 1.45. The number of nitro groups is 1. The number of nitro benzene ring substituents is 1. The number of carbonyl (C=O) groups is 1. The number of hydrogen-bond donors (Lipinski definition) is 2. The van der Waals surface area contributed by atoms with E-state index in [0.29, 0.717) is 16.8 Å². The van der Waals surface area contributed by atoms with E-state index in [1.807, 2.05) is 0 Å². The highest BCUT2D eigenvalue weighted by molar-refractivity contribution is 7.99. The second kappa shape index (κ2) is 8.25. The molecule has 144 valence electrons. The molecule has 1 aromatic carbocycles. The minimum Gasteiger partial charge on any atom is -0.371 e. The highest BCUT2D eigenvalue weighted by atomic mass is 32.2. The first-order valence-electron chi connectivity index (χ1n) is 7.65. The van der Waals surface area contributed by atoms with E-state index in [0.717, 1.165) is 12.1 Å². The number of aromatic nitrogens is 1. The Balaban J connectivity index is 2.41. The number of anilines is 2. The monoisotopic (exact) mass is 400 g/mol. The van der Waals surface area contributed by atoms with Gasteiger partial charge >= 0.3 is 6.18 Å². The molecule has 27 heavy (non-hydrogen) atoms. The average Bonchev–Trinajstić information content (AvgIpc) is 2.61. The molecule has 0 saturated carbocycles. The normalized spacial score (nSPS) is 11.1. The Kier molecular flexibility index (Phi) is 6.26. The van der Waals surface area contributed by atoms with E-state index in [9.17, 15) is 28.1 Å². The Bertz CT molecular complexity index is 874. The fraction of sp³-hybridized carbons (Fsp3) is 0.250. The number of nitrogens with one attached hydrogen (secondary N) is 2. The molecule has 0 bridgehead atoms. The fourth-order valence-corrected chi connectivity index (χ4v) is 3.02. The molecule has 0 saturated heterocycles. The molecular weight excluding hydrogens is 385 g/mol. The van der Waals surface area contributed by atoms with Crippen LogP contribution in [0.3, 0.4) is 0 Å². The minimum absolute atomic E-state index is 0.0583. The van der Waals surface area contributed by atoms with E-state index < -0.39 is 22.6 Å². The molecule has 2 N–H and O–H groups in total. The maximum atomic E-state index is 12.9. The maximum absolute atomic E-state index is 12.9. The van der Waals surface area contributed by atoms with Crippen molar-refractivity contribution in [1.82, 2.24) is 4.98 Å². The van der Waals surface area contributed by atoms with Crippen molar-refractivity contribution >= 4 is 34.9 Å². The van der Waals surface area contributed by atoms with Crippen LogP contribution in [0.15, 0.2) is 35.4 Å². The number of pyridine rings is 1. The van der Waals surface area contributed by atoms with Gasteiger partial charge in [-0.2, -0.15) is 13.2 Å². The third kappa shape index (κ3) is 4.88. The number of nitrogens with zero attached hydrogens (tertiary/aromatic N) is 2. The number of thioether (sulfide) groups is 1. The summed E-state index contributed by atoms with van der Waals surface area (Å²) in [5.41, 5.74) is -1.22. The summed E-state index contributed by atoms with van der Waals surface area (Å²) in [6.07, 6.45) is -3.96. The zero-order valence-corrected chi connectivity index (χ0v) is 15.1. The first-order valence-corrected chi connectivity index (χ1v) is 8.63. The molecule has 0 spiro atoms. The Morgan fingerprint density at radius 1 is 1.33 bits per heavy atom. The summed E-state index contributed by atoms with van der Waals surface area (Å²) in [6.45, 7) is 1.81. The summed E-state index contributed by atoms with van der Waals surface area (Å²) in [6, 6.07) is 4.46. The van der Waals surface area contributed by atoms with Gasteiger partial charge in [0, 0.05) is 30.3 Å². The number of rotatable bonds is 6. The smallest absolute Gasteiger partial charge is 0.371 e. The van der Waals surface area contributed by atoms with E-state index >= 15 is 0 Å². The lowest BCUT2D eigenvalue weighted by Gasteiger charge is -2.14. The van der Waals surface area contributed by atoms with Crippen LogP contribution in [0, 0.1) is 10.1 Å². The first kappa shape index (κ1) is 20.5. The molecule has 2 rings (SSSR count). The molecule has 11 heteroatoms. The van der Waals surface area contributed by atoms with Gasteiger partial charge in [-0.15, -0.1) is 11.8 Å². The topological polar surface area (TPSA) is 97.2 Å². The van der Waals surface area contributed by atoms with E-state index in [-0.39, 0.29) is 22.8 Å². The standard InChI is InChI=1S/C16H15F3N4O3S/c1-3-27-13-7-10(23(25)26)4-5-11(13)15(24)22-12-6-9(16(17,18)19)8-21-14(12)20-2/h4-8H,3H2,1-2H3,(H,20,21)(H,22,24). The maximum Gasteiger partial charge on any atom is 0.417 e. The van der Waals surface area contributed by atoms with Crippen LogP contribution in [0.2, 0.25) is 0 Å². The SMILES string of the molecule is CCSc1cc([N+](=O)[O-])ccc1C(=O)Nc1cc(C(F)(F)F)cnc1NC. The van der Waals surface area contributed by atoms with Crippen molar-refractivity contribution in [2.45, 2.75) is 18.0 Å². The molecule has 1 amide bonds. The second-order valence-corrected chi connectivity index (χ2v) is 6.50. The van der Waals surface area contributed by atoms with Crippen molar-refractivity contribution in [1.29, 1.82) is 0 Å². The van der Waals surface area contributed by atoms with Crippen LogP contribution >= 0.6 is 11.8 Å². The van der Waals surface area contributed by atoms with Gasteiger partial charge in [-0.1, -0.05) is 6.92 Å². The summed E-state index contributed by atoms with van der Waals surface area (Å²) in [5.74, 6) is -0.0876. The summed E-state index contributed by atoms with van der Waals surface area (Å²) < 4.78 is 38.7. The molecule has 1 heterocycles. The summed E-state index contributed by atoms with van der Waals surface area (Å²) in [4.78, 5) is 26.9. The largest absolute Gasteiger partial charge is 0.417 e. The third-order valence-electron chi connectivity index (χ3n) is 3.42. The number of amides is 1. The number of alkyl halides is 3. The van der Waals surface area contributed by atoms with Crippen LogP contribution in [0.4, 0.5) is 30.4 Å². The molecule has 0 radical (unpaired) electrons.